The molecule has 0 aliphatic carbocycles. The molecule has 2 atom stereocenters. The van der Waals surface area contributed by atoms with Gasteiger partial charge in [-0.3, -0.25) is 9.59 Å². The number of esters is 1. The van der Waals surface area contributed by atoms with Gasteiger partial charge in [0.05, 0.1) is 25.7 Å². The van der Waals surface area contributed by atoms with Gasteiger partial charge in [0.1, 0.15) is 5.75 Å². The molecule has 2 unspecified atom stereocenters. The van der Waals surface area contributed by atoms with E-state index >= 15 is 0 Å². The predicted molar refractivity (Wildman–Crippen MR) is 97.9 cm³/mol. The van der Waals surface area contributed by atoms with Crippen LogP contribution in [0.2, 0.25) is 0 Å². The molecule has 1 fully saturated rings. The van der Waals surface area contributed by atoms with Gasteiger partial charge in [-0.25, -0.2) is 0 Å². The first kappa shape index (κ1) is 20.2. The van der Waals surface area contributed by atoms with Crippen molar-refractivity contribution in [3.8, 4) is 5.75 Å². The van der Waals surface area contributed by atoms with Gasteiger partial charge in [-0.1, -0.05) is 25.1 Å². The van der Waals surface area contributed by atoms with Crippen LogP contribution in [0, 0.1) is 5.92 Å². The van der Waals surface area contributed by atoms with E-state index in [1.165, 1.54) is 7.11 Å². The monoisotopic (exact) mass is 363 g/mol. The number of amides is 1. The largest absolute Gasteiger partial charge is 0.494 e. The normalized spacial score (nSPS) is 17.5. The van der Waals surface area contributed by atoms with Crippen LogP contribution in [0.5, 0.6) is 5.75 Å². The molecule has 1 aromatic carbocycles. The van der Waals surface area contributed by atoms with Crippen LogP contribution in [0.4, 0.5) is 0 Å². The standard InChI is InChI=1S/C20H29NO5/c1-16(20(23)24-2)14-21(15-18-10-6-12-26-18)19(22)11-7-13-25-17-8-4-3-5-9-17/h3-5,8-9,16,18H,6-7,10-15H2,1-2H3. The zero-order valence-electron chi connectivity index (χ0n) is 15.7. The van der Waals surface area contributed by atoms with Crippen molar-refractivity contribution in [2.24, 2.45) is 5.92 Å². The topological polar surface area (TPSA) is 65.1 Å². The molecule has 144 valence electrons. The van der Waals surface area contributed by atoms with Crippen LogP contribution in [0.15, 0.2) is 30.3 Å². The third-order valence-electron chi connectivity index (χ3n) is 4.45. The number of ether oxygens (including phenoxy) is 3. The second-order valence-electron chi connectivity index (χ2n) is 6.62. The quantitative estimate of drug-likeness (QED) is 0.472. The van der Waals surface area contributed by atoms with Gasteiger partial charge in [0, 0.05) is 26.1 Å². The third kappa shape index (κ3) is 6.67. The summed E-state index contributed by atoms with van der Waals surface area (Å²) in [5.74, 6) is 0.164. The van der Waals surface area contributed by atoms with Crippen molar-refractivity contribution in [2.75, 3.05) is 33.4 Å². The van der Waals surface area contributed by atoms with Crippen LogP contribution in [0.1, 0.15) is 32.6 Å². The Kier molecular flexibility index (Phi) is 8.41. The number of hydrogen-bond acceptors (Lipinski definition) is 5. The van der Waals surface area contributed by atoms with Gasteiger partial charge in [0.15, 0.2) is 0 Å². The van der Waals surface area contributed by atoms with Crippen molar-refractivity contribution in [1.82, 2.24) is 4.90 Å². The lowest BCUT2D eigenvalue weighted by molar-refractivity contribution is -0.146. The molecular formula is C20H29NO5. The minimum Gasteiger partial charge on any atom is -0.494 e. The Morgan fingerprint density at radius 3 is 2.73 bits per heavy atom. The van der Waals surface area contributed by atoms with Gasteiger partial charge in [-0.2, -0.15) is 0 Å². The number of carbonyl (C=O) groups excluding carboxylic acids is 2. The van der Waals surface area contributed by atoms with Crippen LogP contribution in [0.3, 0.4) is 0 Å². The van der Waals surface area contributed by atoms with E-state index in [9.17, 15) is 9.59 Å². The predicted octanol–water partition coefficient (Wildman–Crippen LogP) is 2.66. The highest BCUT2D eigenvalue weighted by Gasteiger charge is 2.26. The second kappa shape index (κ2) is 10.8. The van der Waals surface area contributed by atoms with E-state index < -0.39 is 0 Å². The summed E-state index contributed by atoms with van der Waals surface area (Å²) in [4.78, 5) is 26.1. The number of para-hydroxylation sites is 1. The Labute approximate surface area is 155 Å². The number of benzene rings is 1. The van der Waals surface area contributed by atoms with Crippen LogP contribution in [-0.2, 0) is 19.1 Å². The zero-order valence-corrected chi connectivity index (χ0v) is 15.7. The lowest BCUT2D eigenvalue weighted by Gasteiger charge is -2.27. The average molecular weight is 363 g/mol. The first-order chi connectivity index (χ1) is 12.6. The van der Waals surface area contributed by atoms with E-state index in [0.717, 1.165) is 25.2 Å². The van der Waals surface area contributed by atoms with Gasteiger partial charge >= 0.3 is 5.97 Å². The molecule has 1 saturated heterocycles. The van der Waals surface area contributed by atoms with Gasteiger partial charge < -0.3 is 19.1 Å². The molecule has 0 saturated carbocycles. The van der Waals surface area contributed by atoms with Crippen molar-refractivity contribution in [3.63, 3.8) is 0 Å². The van der Waals surface area contributed by atoms with E-state index in [1.54, 1.807) is 11.8 Å². The Balaban J connectivity index is 1.81. The van der Waals surface area contributed by atoms with Crippen molar-refractivity contribution < 1.29 is 23.8 Å². The summed E-state index contributed by atoms with van der Waals surface area (Å²) in [5, 5.41) is 0. The molecule has 1 amide bonds. The molecule has 6 nitrogen and oxygen atoms in total. The van der Waals surface area contributed by atoms with E-state index in [1.807, 2.05) is 30.3 Å². The first-order valence-corrected chi connectivity index (χ1v) is 9.25. The number of nitrogens with zero attached hydrogens (tertiary/aromatic N) is 1. The van der Waals surface area contributed by atoms with E-state index in [2.05, 4.69) is 0 Å². The highest BCUT2D eigenvalue weighted by Crippen LogP contribution is 2.16. The fourth-order valence-corrected chi connectivity index (χ4v) is 3.01. The molecular weight excluding hydrogens is 334 g/mol. The Morgan fingerprint density at radius 1 is 1.31 bits per heavy atom. The highest BCUT2D eigenvalue weighted by atomic mass is 16.5. The fourth-order valence-electron chi connectivity index (χ4n) is 3.01. The van der Waals surface area contributed by atoms with Crippen LogP contribution < -0.4 is 4.74 Å². The second-order valence-corrected chi connectivity index (χ2v) is 6.62. The fraction of sp³-hybridized carbons (Fsp3) is 0.600. The summed E-state index contributed by atoms with van der Waals surface area (Å²) in [6, 6.07) is 9.55. The van der Waals surface area contributed by atoms with Crippen LogP contribution >= 0.6 is 0 Å². The molecule has 1 heterocycles. The first-order valence-electron chi connectivity index (χ1n) is 9.25. The number of methoxy groups -OCH3 is 1. The Hall–Kier alpha value is -2.08. The molecule has 26 heavy (non-hydrogen) atoms. The number of hydrogen-bond donors (Lipinski definition) is 0. The van der Waals surface area contributed by atoms with Crippen molar-refractivity contribution >= 4 is 11.9 Å². The molecule has 0 bridgehead atoms. The van der Waals surface area contributed by atoms with Crippen molar-refractivity contribution in [1.29, 1.82) is 0 Å². The molecule has 1 aromatic rings. The SMILES string of the molecule is COC(=O)C(C)CN(CC1CCCO1)C(=O)CCCOc1ccccc1. The average Bonchev–Trinajstić information content (AvgIpc) is 3.17. The van der Waals surface area contributed by atoms with Crippen LogP contribution in [-0.4, -0.2) is 56.3 Å². The van der Waals surface area contributed by atoms with E-state index in [-0.39, 0.29) is 23.9 Å². The molecule has 0 spiro atoms. The molecule has 0 aromatic heterocycles. The maximum Gasteiger partial charge on any atom is 0.310 e. The third-order valence-corrected chi connectivity index (χ3v) is 4.45. The lowest BCUT2D eigenvalue weighted by Crippen LogP contribution is -2.41. The Morgan fingerprint density at radius 2 is 2.08 bits per heavy atom. The minimum atomic E-state index is -0.356. The zero-order chi connectivity index (χ0) is 18.8. The maximum absolute atomic E-state index is 12.7. The number of carbonyl (C=O) groups is 2. The van der Waals surface area contributed by atoms with Gasteiger partial charge in [0.2, 0.25) is 5.91 Å². The minimum absolute atomic E-state index is 0.0212. The summed E-state index contributed by atoms with van der Waals surface area (Å²) in [5.41, 5.74) is 0. The van der Waals surface area contributed by atoms with Crippen molar-refractivity contribution in [3.05, 3.63) is 30.3 Å². The number of rotatable bonds is 10. The van der Waals surface area contributed by atoms with E-state index in [4.69, 9.17) is 14.2 Å². The van der Waals surface area contributed by atoms with Crippen molar-refractivity contribution in [2.45, 2.75) is 38.7 Å². The Bertz CT molecular complexity index is 557. The summed E-state index contributed by atoms with van der Waals surface area (Å²) in [7, 11) is 1.37. The summed E-state index contributed by atoms with van der Waals surface area (Å²) < 4.78 is 16.1. The maximum atomic E-state index is 12.7. The molecule has 0 N–H and O–H groups in total. The van der Waals surface area contributed by atoms with Crippen LogP contribution in [0.25, 0.3) is 0 Å². The molecule has 6 heteroatoms. The molecule has 2 rings (SSSR count). The summed E-state index contributed by atoms with van der Waals surface area (Å²) >= 11 is 0. The van der Waals surface area contributed by atoms with Gasteiger partial charge in [-0.15, -0.1) is 0 Å². The smallest absolute Gasteiger partial charge is 0.310 e. The summed E-state index contributed by atoms with van der Waals surface area (Å²) in [6.07, 6.45) is 3.04. The molecule has 0 radical (unpaired) electrons. The van der Waals surface area contributed by atoms with Gasteiger partial charge in [0.25, 0.3) is 0 Å². The molecule has 1 aliphatic rings. The highest BCUT2D eigenvalue weighted by molar-refractivity contribution is 5.78. The lowest BCUT2D eigenvalue weighted by atomic mass is 10.1. The van der Waals surface area contributed by atoms with E-state index in [0.29, 0.717) is 32.5 Å². The summed E-state index contributed by atoms with van der Waals surface area (Å²) in [6.45, 7) is 3.88. The molecule has 1 aliphatic heterocycles. The van der Waals surface area contributed by atoms with Gasteiger partial charge in [-0.05, 0) is 31.4 Å².